The smallest absolute Gasteiger partial charge is 0.218 e. The van der Waals surface area contributed by atoms with Crippen LogP contribution in [-0.2, 0) is 27.1 Å². The van der Waals surface area contributed by atoms with E-state index in [4.69, 9.17) is 4.74 Å². The lowest BCUT2D eigenvalue weighted by Crippen LogP contribution is -2.42. The van der Waals surface area contributed by atoms with E-state index in [-0.39, 0.29) is 29.7 Å². The first kappa shape index (κ1) is 24.7. The van der Waals surface area contributed by atoms with Crippen LogP contribution in [0.5, 0.6) is 0 Å². The van der Waals surface area contributed by atoms with Gasteiger partial charge in [-0.1, -0.05) is 37.1 Å². The molecule has 2 aliphatic heterocycles. The Morgan fingerprint density at radius 2 is 1.77 bits per heavy atom. The van der Waals surface area contributed by atoms with Gasteiger partial charge >= 0.3 is 0 Å². The molecule has 31 heavy (non-hydrogen) atoms. The molecule has 1 N–H and O–H groups in total. The number of hydrogen-bond donors (Lipinski definition) is 1. The molecule has 1 aromatic carbocycles. The largest absolute Gasteiger partial charge is 0.379 e. The molecule has 1 saturated carbocycles. The molecule has 3 fully saturated rings. The van der Waals surface area contributed by atoms with Crippen LogP contribution < -0.4 is 5.32 Å². The molecule has 7 nitrogen and oxygen atoms in total. The summed E-state index contributed by atoms with van der Waals surface area (Å²) in [6.07, 6.45) is 6.63. The summed E-state index contributed by atoms with van der Waals surface area (Å²) in [5.41, 5.74) is 2.34. The van der Waals surface area contributed by atoms with E-state index in [1.165, 1.54) is 32.1 Å². The van der Waals surface area contributed by atoms with Gasteiger partial charge in [-0.2, -0.15) is 4.31 Å². The number of likely N-dealkylation sites (tertiary alicyclic amines) is 1. The zero-order valence-electron chi connectivity index (χ0n) is 18.4. The molecule has 0 bridgehead atoms. The fraction of sp³-hybridized carbons (Fsp3) is 0.682. The van der Waals surface area contributed by atoms with E-state index >= 15 is 0 Å². The third-order valence-electron chi connectivity index (χ3n) is 6.87. The zero-order valence-corrected chi connectivity index (χ0v) is 21.5. The minimum atomic E-state index is -3.35. The van der Waals surface area contributed by atoms with Gasteiger partial charge in [0.25, 0.3) is 0 Å². The van der Waals surface area contributed by atoms with Gasteiger partial charge in [0.05, 0.1) is 19.0 Å². The number of aliphatic imine (C=N–C) groups is 1. The third kappa shape index (κ3) is 5.91. The molecule has 1 aliphatic carbocycles. The summed E-state index contributed by atoms with van der Waals surface area (Å²) in [6.45, 7) is 4.52. The quantitative estimate of drug-likeness (QED) is 0.340. The van der Waals surface area contributed by atoms with Gasteiger partial charge in [-0.15, -0.1) is 24.0 Å². The maximum Gasteiger partial charge on any atom is 0.218 e. The zero-order chi connectivity index (χ0) is 21.0. The van der Waals surface area contributed by atoms with Gasteiger partial charge in [-0.25, -0.2) is 8.42 Å². The van der Waals surface area contributed by atoms with E-state index in [2.05, 4.69) is 15.2 Å². The molecule has 0 unspecified atom stereocenters. The van der Waals surface area contributed by atoms with Crippen LogP contribution in [0, 0.1) is 5.41 Å². The first-order valence-electron chi connectivity index (χ1n) is 11.1. The van der Waals surface area contributed by atoms with Gasteiger partial charge in [0.15, 0.2) is 5.96 Å². The van der Waals surface area contributed by atoms with Gasteiger partial charge in [-0.3, -0.25) is 4.99 Å². The van der Waals surface area contributed by atoms with Gasteiger partial charge < -0.3 is 15.0 Å². The number of nitrogens with one attached hydrogen (secondary N) is 1. The summed E-state index contributed by atoms with van der Waals surface area (Å²) >= 11 is 0. The Labute approximate surface area is 203 Å². The number of benzene rings is 1. The number of guanidine groups is 1. The lowest BCUT2D eigenvalue weighted by atomic mass is 9.86. The van der Waals surface area contributed by atoms with Crippen LogP contribution >= 0.6 is 24.0 Å². The second-order valence-corrected chi connectivity index (χ2v) is 10.8. The first-order valence-corrected chi connectivity index (χ1v) is 12.7. The number of rotatable bonds is 5. The van der Waals surface area contributed by atoms with Crippen molar-refractivity contribution < 1.29 is 13.2 Å². The average Bonchev–Trinajstić information content (AvgIpc) is 3.40. The summed E-state index contributed by atoms with van der Waals surface area (Å²) < 4.78 is 32.6. The summed E-state index contributed by atoms with van der Waals surface area (Å²) in [5, 5.41) is 3.49. The molecule has 0 aromatic heterocycles. The maximum atomic E-state index is 12.9. The topological polar surface area (TPSA) is 74.2 Å². The first-order chi connectivity index (χ1) is 14.5. The van der Waals surface area contributed by atoms with Gasteiger partial charge in [0, 0.05) is 39.8 Å². The average molecular weight is 563 g/mol. The van der Waals surface area contributed by atoms with Crippen LogP contribution in [0.1, 0.15) is 43.2 Å². The van der Waals surface area contributed by atoms with Crippen molar-refractivity contribution in [2.24, 2.45) is 10.4 Å². The van der Waals surface area contributed by atoms with Crippen molar-refractivity contribution in [1.29, 1.82) is 0 Å². The van der Waals surface area contributed by atoms with Crippen molar-refractivity contribution in [3.63, 3.8) is 0 Å². The molecular weight excluding hydrogens is 527 g/mol. The van der Waals surface area contributed by atoms with Crippen LogP contribution in [0.15, 0.2) is 29.3 Å². The van der Waals surface area contributed by atoms with E-state index in [1.54, 1.807) is 4.31 Å². The summed E-state index contributed by atoms with van der Waals surface area (Å²) in [5.74, 6) is 0.945. The number of morpholine rings is 1. The summed E-state index contributed by atoms with van der Waals surface area (Å²) in [7, 11) is -1.52. The van der Waals surface area contributed by atoms with Crippen molar-refractivity contribution in [2.75, 3.05) is 46.4 Å². The molecule has 0 radical (unpaired) electrons. The predicted molar refractivity (Wildman–Crippen MR) is 134 cm³/mol. The van der Waals surface area contributed by atoms with E-state index in [0.29, 0.717) is 38.3 Å². The number of sulfonamides is 1. The highest BCUT2D eigenvalue weighted by molar-refractivity contribution is 14.0. The van der Waals surface area contributed by atoms with Crippen LogP contribution in [0.4, 0.5) is 0 Å². The standard InChI is InChI=1S/C22H34N4O3S.HI/c1-23-21(25-11-10-22(18-25)8-4-5-9-22)24-16-19-6-2-3-7-20(19)17-30(27,28)26-12-14-29-15-13-26;/h2-3,6-7H,4-5,8-18H2,1H3,(H,23,24);1H. The number of hydrogen-bond acceptors (Lipinski definition) is 4. The van der Waals surface area contributed by atoms with Gasteiger partial charge in [-0.05, 0) is 35.8 Å². The lowest BCUT2D eigenvalue weighted by Gasteiger charge is -2.27. The maximum absolute atomic E-state index is 12.9. The highest BCUT2D eigenvalue weighted by Crippen LogP contribution is 2.45. The van der Waals surface area contributed by atoms with E-state index in [1.807, 2.05) is 31.3 Å². The molecule has 1 spiro atoms. The van der Waals surface area contributed by atoms with E-state index in [0.717, 1.165) is 30.2 Å². The van der Waals surface area contributed by atoms with Crippen molar-refractivity contribution >= 4 is 40.0 Å². The highest BCUT2D eigenvalue weighted by atomic mass is 127. The van der Waals surface area contributed by atoms with Crippen LogP contribution in [0.25, 0.3) is 0 Å². The van der Waals surface area contributed by atoms with Crippen LogP contribution in [0.2, 0.25) is 0 Å². The molecule has 2 saturated heterocycles. The Morgan fingerprint density at radius 1 is 1.10 bits per heavy atom. The minimum absolute atomic E-state index is 0. The molecule has 2 heterocycles. The Kier molecular flexibility index (Phi) is 8.62. The van der Waals surface area contributed by atoms with E-state index < -0.39 is 10.0 Å². The molecule has 4 rings (SSSR count). The van der Waals surface area contributed by atoms with Crippen molar-refractivity contribution in [2.45, 2.75) is 44.4 Å². The molecule has 0 amide bonds. The highest BCUT2D eigenvalue weighted by Gasteiger charge is 2.41. The van der Waals surface area contributed by atoms with E-state index in [9.17, 15) is 8.42 Å². The molecule has 174 valence electrons. The van der Waals surface area contributed by atoms with Crippen LogP contribution in [-0.4, -0.2) is 70.0 Å². The van der Waals surface area contributed by atoms with Gasteiger partial charge in [0.1, 0.15) is 0 Å². The normalized spacial score (nSPS) is 22.0. The fourth-order valence-electron chi connectivity index (χ4n) is 5.14. The monoisotopic (exact) mass is 562 g/mol. The molecular formula is C22H35IN4O3S. The lowest BCUT2D eigenvalue weighted by molar-refractivity contribution is 0.0729. The summed E-state index contributed by atoms with van der Waals surface area (Å²) in [4.78, 5) is 6.88. The van der Waals surface area contributed by atoms with Crippen molar-refractivity contribution in [3.05, 3.63) is 35.4 Å². The second kappa shape index (κ2) is 10.8. The number of nitrogens with zero attached hydrogens (tertiary/aromatic N) is 3. The SMILES string of the molecule is CN=C(NCc1ccccc1CS(=O)(=O)N1CCOCC1)N1CCC2(CCCC2)C1.I. The Balaban J connectivity index is 0.00000272. The number of halogens is 1. The Morgan fingerprint density at radius 3 is 2.45 bits per heavy atom. The van der Waals surface area contributed by atoms with Gasteiger partial charge in [0.2, 0.25) is 10.0 Å². The Bertz CT molecular complexity index is 865. The molecule has 1 aromatic rings. The molecule has 3 aliphatic rings. The second-order valence-electron chi connectivity index (χ2n) is 8.82. The third-order valence-corrected chi connectivity index (χ3v) is 8.70. The summed E-state index contributed by atoms with van der Waals surface area (Å²) in [6, 6.07) is 7.80. The Hall–Kier alpha value is -0.910. The van der Waals surface area contributed by atoms with Crippen LogP contribution in [0.3, 0.4) is 0 Å². The fourth-order valence-corrected chi connectivity index (χ4v) is 6.70. The predicted octanol–water partition coefficient (Wildman–Crippen LogP) is 2.81. The van der Waals surface area contributed by atoms with Crippen molar-refractivity contribution in [1.82, 2.24) is 14.5 Å². The molecule has 0 atom stereocenters. The molecule has 9 heteroatoms. The van der Waals surface area contributed by atoms with Crippen molar-refractivity contribution in [3.8, 4) is 0 Å². The number of ether oxygens (including phenoxy) is 1. The minimum Gasteiger partial charge on any atom is -0.379 e.